The number of aliphatic hydroxyl groups is 2. The van der Waals surface area contributed by atoms with Crippen LogP contribution in [-0.4, -0.2) is 39.8 Å². The van der Waals surface area contributed by atoms with Crippen LogP contribution in [0.1, 0.15) is 68.0 Å². The lowest BCUT2D eigenvalue weighted by atomic mass is 9.87. The van der Waals surface area contributed by atoms with Gasteiger partial charge in [-0.25, -0.2) is 4.79 Å². The van der Waals surface area contributed by atoms with Crippen LogP contribution in [0.5, 0.6) is 11.5 Å². The highest BCUT2D eigenvalue weighted by atomic mass is 16.5. The number of aromatic carboxylic acids is 1. The van der Waals surface area contributed by atoms with Crippen molar-refractivity contribution in [3.63, 3.8) is 0 Å². The third-order valence-electron chi connectivity index (χ3n) is 5.84. The fourth-order valence-electron chi connectivity index (χ4n) is 4.16. The first-order valence-electron chi connectivity index (χ1n) is 11.1. The molecule has 7 heteroatoms. The van der Waals surface area contributed by atoms with Crippen LogP contribution in [0.15, 0.2) is 42.5 Å². The molecular formula is C25H31NO6. The van der Waals surface area contributed by atoms with Crippen LogP contribution in [0.3, 0.4) is 0 Å². The maximum Gasteiger partial charge on any atom is 0.337 e. The summed E-state index contributed by atoms with van der Waals surface area (Å²) in [6.07, 6.45) is 3.90. The Labute approximate surface area is 188 Å². The van der Waals surface area contributed by atoms with Gasteiger partial charge in [0.05, 0.1) is 17.9 Å². The molecule has 0 saturated heterocycles. The van der Waals surface area contributed by atoms with Crippen molar-refractivity contribution < 1.29 is 29.6 Å². The predicted molar refractivity (Wildman–Crippen MR) is 121 cm³/mol. The number of rotatable bonds is 8. The summed E-state index contributed by atoms with van der Waals surface area (Å²) in [7, 11) is 0. The van der Waals surface area contributed by atoms with Gasteiger partial charge in [-0.3, -0.25) is 4.79 Å². The number of hydrogen-bond donors (Lipinski definition) is 3. The zero-order chi connectivity index (χ0) is 23.3. The van der Waals surface area contributed by atoms with Gasteiger partial charge in [-0.1, -0.05) is 31.4 Å². The Bertz CT molecular complexity index is 934. The second kappa shape index (κ2) is 10.6. The molecule has 1 saturated carbocycles. The van der Waals surface area contributed by atoms with E-state index in [-0.39, 0.29) is 30.0 Å². The molecule has 1 aliphatic rings. The van der Waals surface area contributed by atoms with Crippen molar-refractivity contribution in [3.05, 3.63) is 53.6 Å². The highest BCUT2D eigenvalue weighted by molar-refractivity contribution is 6.03. The summed E-state index contributed by atoms with van der Waals surface area (Å²) in [4.78, 5) is 26.9. The van der Waals surface area contributed by atoms with Gasteiger partial charge >= 0.3 is 5.97 Å². The van der Waals surface area contributed by atoms with Crippen molar-refractivity contribution in [2.24, 2.45) is 5.92 Å². The number of nitrogens with zero attached hydrogens (tertiary/aromatic N) is 1. The molecule has 3 rings (SSSR count). The lowest BCUT2D eigenvalue weighted by Crippen LogP contribution is -2.42. The first-order chi connectivity index (χ1) is 15.3. The van der Waals surface area contributed by atoms with E-state index >= 15 is 0 Å². The second-order valence-corrected chi connectivity index (χ2v) is 8.49. The molecule has 1 unspecified atom stereocenters. The van der Waals surface area contributed by atoms with E-state index in [2.05, 4.69) is 0 Å². The Morgan fingerprint density at radius 2 is 1.66 bits per heavy atom. The van der Waals surface area contributed by atoms with Gasteiger partial charge in [0, 0.05) is 12.0 Å². The summed E-state index contributed by atoms with van der Waals surface area (Å²) < 4.78 is 5.80. The van der Waals surface area contributed by atoms with E-state index in [0.29, 0.717) is 22.7 Å². The molecule has 3 N–H and O–H groups in total. The van der Waals surface area contributed by atoms with Crippen molar-refractivity contribution >= 4 is 17.6 Å². The fourth-order valence-corrected chi connectivity index (χ4v) is 4.16. The number of aliphatic hydroxyl groups excluding tert-OH is 2. The van der Waals surface area contributed by atoms with Crippen LogP contribution in [-0.2, 0) is 4.79 Å². The van der Waals surface area contributed by atoms with Gasteiger partial charge in [0.2, 0.25) is 5.91 Å². The van der Waals surface area contributed by atoms with Crippen LogP contribution >= 0.6 is 0 Å². The number of carbonyl (C=O) groups is 2. The average Bonchev–Trinajstić information content (AvgIpc) is 2.80. The minimum absolute atomic E-state index is 0.00711. The molecule has 1 aliphatic carbocycles. The maximum absolute atomic E-state index is 13.3. The van der Waals surface area contributed by atoms with Gasteiger partial charge in [-0.15, -0.1) is 0 Å². The summed E-state index contributed by atoms with van der Waals surface area (Å²) in [6, 6.07) is 11.1. The number of amides is 1. The minimum Gasteiger partial charge on any atom is -0.478 e. The Kier molecular flexibility index (Phi) is 7.88. The molecule has 0 spiro atoms. The van der Waals surface area contributed by atoms with E-state index in [1.165, 1.54) is 6.07 Å². The molecule has 7 nitrogen and oxygen atoms in total. The molecule has 2 aromatic rings. The van der Waals surface area contributed by atoms with Crippen molar-refractivity contribution in [3.8, 4) is 11.5 Å². The zero-order valence-corrected chi connectivity index (χ0v) is 18.5. The van der Waals surface area contributed by atoms with Gasteiger partial charge in [0.15, 0.2) is 0 Å². The van der Waals surface area contributed by atoms with Gasteiger partial charge in [0.25, 0.3) is 0 Å². The number of carbonyl (C=O) groups excluding carboxylic acids is 1. The molecule has 1 amide bonds. The molecule has 32 heavy (non-hydrogen) atoms. The molecule has 1 fully saturated rings. The van der Waals surface area contributed by atoms with Crippen molar-refractivity contribution in [1.82, 2.24) is 0 Å². The summed E-state index contributed by atoms with van der Waals surface area (Å²) >= 11 is 0. The summed E-state index contributed by atoms with van der Waals surface area (Å²) in [5, 5.41) is 28.6. The Balaban J connectivity index is 1.87. The Morgan fingerprint density at radius 1 is 1.03 bits per heavy atom. The van der Waals surface area contributed by atoms with Crippen molar-refractivity contribution in [2.45, 2.75) is 58.1 Å². The Hall–Kier alpha value is -2.90. The van der Waals surface area contributed by atoms with E-state index in [0.717, 1.165) is 32.1 Å². The van der Waals surface area contributed by atoms with E-state index in [9.17, 15) is 19.8 Å². The SMILES string of the molecule is CC(C)N(C(=O)C1CCCCC1)c1ccc(Oc2ccc(C(O)CO)cc2)cc1C(=O)O. The van der Waals surface area contributed by atoms with Crippen molar-refractivity contribution in [1.29, 1.82) is 0 Å². The molecule has 0 bridgehead atoms. The highest BCUT2D eigenvalue weighted by Gasteiger charge is 2.31. The van der Waals surface area contributed by atoms with Crippen LogP contribution in [0.2, 0.25) is 0 Å². The van der Waals surface area contributed by atoms with Crippen molar-refractivity contribution in [2.75, 3.05) is 11.5 Å². The fraction of sp³-hybridized carbons (Fsp3) is 0.440. The lowest BCUT2D eigenvalue weighted by Gasteiger charge is -2.33. The summed E-state index contributed by atoms with van der Waals surface area (Å²) in [5.41, 5.74) is 0.930. The molecule has 2 aromatic carbocycles. The number of hydrogen-bond acceptors (Lipinski definition) is 5. The van der Waals surface area contributed by atoms with Crippen LogP contribution in [0.4, 0.5) is 5.69 Å². The number of carboxylic acids is 1. The van der Waals surface area contributed by atoms with E-state index in [4.69, 9.17) is 9.84 Å². The van der Waals surface area contributed by atoms with Gasteiger partial charge in [0.1, 0.15) is 17.6 Å². The third-order valence-corrected chi connectivity index (χ3v) is 5.84. The van der Waals surface area contributed by atoms with E-state index in [1.54, 1.807) is 41.3 Å². The predicted octanol–water partition coefficient (Wildman–Crippen LogP) is 4.52. The summed E-state index contributed by atoms with van der Waals surface area (Å²) in [5.74, 6) is -0.434. The number of ether oxygens (including phenoxy) is 1. The smallest absolute Gasteiger partial charge is 0.337 e. The van der Waals surface area contributed by atoms with Gasteiger partial charge in [-0.2, -0.15) is 0 Å². The maximum atomic E-state index is 13.3. The lowest BCUT2D eigenvalue weighted by molar-refractivity contribution is -0.123. The first kappa shape index (κ1) is 23.8. The average molecular weight is 442 g/mol. The number of carboxylic acid groups (broad SMARTS) is 1. The van der Waals surface area contributed by atoms with Crippen LogP contribution < -0.4 is 9.64 Å². The second-order valence-electron chi connectivity index (χ2n) is 8.49. The van der Waals surface area contributed by atoms with Crippen LogP contribution in [0, 0.1) is 5.92 Å². The van der Waals surface area contributed by atoms with E-state index < -0.39 is 12.1 Å². The summed E-state index contributed by atoms with van der Waals surface area (Å²) in [6.45, 7) is 3.40. The van der Waals surface area contributed by atoms with Gasteiger partial charge in [-0.05, 0) is 62.6 Å². The Morgan fingerprint density at radius 3 is 2.22 bits per heavy atom. The van der Waals surface area contributed by atoms with E-state index in [1.807, 2.05) is 13.8 Å². The van der Waals surface area contributed by atoms with Gasteiger partial charge < -0.3 is 25.0 Å². The first-order valence-corrected chi connectivity index (χ1v) is 11.1. The topological polar surface area (TPSA) is 107 Å². The monoisotopic (exact) mass is 441 g/mol. The molecular weight excluding hydrogens is 410 g/mol. The molecule has 0 aromatic heterocycles. The van der Waals surface area contributed by atoms with Crippen LogP contribution in [0.25, 0.3) is 0 Å². The standard InChI is InChI=1S/C25H31NO6/c1-16(2)26(24(29)18-6-4-3-5-7-18)22-13-12-20(14-21(22)25(30)31)32-19-10-8-17(9-11-19)23(28)15-27/h8-14,16,18,23,27-28H,3-7,15H2,1-2H3,(H,30,31). The highest BCUT2D eigenvalue weighted by Crippen LogP contribution is 2.33. The normalized spacial score (nSPS) is 15.4. The molecule has 1 atom stereocenters. The quantitative estimate of drug-likeness (QED) is 0.556. The molecule has 0 heterocycles. The number of anilines is 1. The molecule has 172 valence electrons. The number of benzene rings is 2. The molecule has 0 aliphatic heterocycles. The zero-order valence-electron chi connectivity index (χ0n) is 18.5. The largest absolute Gasteiger partial charge is 0.478 e. The third kappa shape index (κ3) is 5.47. The molecule has 0 radical (unpaired) electrons. The minimum atomic E-state index is -1.13.